The summed E-state index contributed by atoms with van der Waals surface area (Å²) in [6.07, 6.45) is 3.71. The van der Waals surface area contributed by atoms with Crippen LogP contribution in [0, 0.1) is 5.82 Å². The van der Waals surface area contributed by atoms with E-state index in [0.29, 0.717) is 22.9 Å². The average Bonchev–Trinajstić information content (AvgIpc) is 3.49. The number of nitrogens with zero attached hydrogens (tertiary/aromatic N) is 2. The third-order valence-electron chi connectivity index (χ3n) is 5.40. The maximum Gasteiger partial charge on any atom is 0.230 e. The molecule has 8 nitrogen and oxygen atoms in total. The second kappa shape index (κ2) is 12.1. The summed E-state index contributed by atoms with van der Waals surface area (Å²) in [5, 5.41) is 24.4. The third kappa shape index (κ3) is 7.47. The lowest BCUT2D eigenvalue weighted by atomic mass is 10.1. The Bertz CT molecular complexity index is 1320. The first kappa shape index (κ1) is 25.1. The highest BCUT2D eigenvalue weighted by Crippen LogP contribution is 2.20. The van der Waals surface area contributed by atoms with Crippen LogP contribution in [-0.4, -0.2) is 32.1 Å². The number of hydrogen-bond donors (Lipinski definition) is 4. The molecule has 0 bridgehead atoms. The fourth-order valence-corrected chi connectivity index (χ4v) is 4.45. The molecule has 0 unspecified atom stereocenters. The molecule has 0 atom stereocenters. The number of rotatable bonds is 11. The molecule has 0 spiro atoms. The second-order valence-corrected chi connectivity index (χ2v) is 9.39. The van der Waals surface area contributed by atoms with Gasteiger partial charge in [-0.1, -0.05) is 47.7 Å². The number of unbranched alkanes of at least 4 members (excludes halogenated alkanes) is 1. The predicted octanol–water partition coefficient (Wildman–Crippen LogP) is 4.64. The number of carbonyl (C=O) groups excluding carboxylic acids is 2. The molecular weight excluding hydrogens is 481 g/mol. The molecule has 0 aliphatic heterocycles. The van der Waals surface area contributed by atoms with Gasteiger partial charge in [-0.3, -0.25) is 9.59 Å². The molecule has 2 heterocycles. The smallest absolute Gasteiger partial charge is 0.230 e. The molecule has 0 aliphatic rings. The Morgan fingerprint density at radius 3 is 2.44 bits per heavy atom. The van der Waals surface area contributed by atoms with Crippen molar-refractivity contribution in [2.75, 3.05) is 10.6 Å². The molecule has 10 heteroatoms. The van der Waals surface area contributed by atoms with E-state index in [1.54, 1.807) is 0 Å². The van der Waals surface area contributed by atoms with Gasteiger partial charge in [-0.25, -0.2) is 4.39 Å². The number of anilines is 2. The molecule has 0 aliphatic carbocycles. The highest BCUT2D eigenvalue weighted by Gasteiger charge is 2.11. The summed E-state index contributed by atoms with van der Waals surface area (Å²) in [4.78, 5) is 27.6. The van der Waals surface area contributed by atoms with Gasteiger partial charge in [0.2, 0.25) is 16.9 Å². The maximum absolute atomic E-state index is 13.1. The number of benzene rings is 2. The predicted molar refractivity (Wildman–Crippen MR) is 137 cm³/mol. The minimum Gasteiger partial charge on any atom is -0.505 e. The van der Waals surface area contributed by atoms with Gasteiger partial charge in [0.05, 0.1) is 12.8 Å². The topological polar surface area (TPSA) is 120 Å². The zero-order chi connectivity index (χ0) is 25.3. The average molecular weight is 508 g/mol. The number of phenols is 1. The number of H-pyrrole nitrogens is 1. The van der Waals surface area contributed by atoms with E-state index in [4.69, 9.17) is 0 Å². The van der Waals surface area contributed by atoms with Crippen LogP contribution in [0.1, 0.15) is 34.7 Å². The Morgan fingerprint density at radius 1 is 0.889 bits per heavy atom. The van der Waals surface area contributed by atoms with E-state index >= 15 is 0 Å². The van der Waals surface area contributed by atoms with Crippen molar-refractivity contribution in [3.63, 3.8) is 0 Å². The van der Waals surface area contributed by atoms with Crippen LogP contribution in [0.15, 0.2) is 60.7 Å². The van der Waals surface area contributed by atoms with Crippen molar-refractivity contribution in [3.8, 4) is 5.75 Å². The molecule has 4 rings (SSSR count). The van der Waals surface area contributed by atoms with Crippen LogP contribution < -0.4 is 10.6 Å². The Kier molecular flexibility index (Phi) is 8.40. The number of carbonyl (C=O) groups is 2. The summed E-state index contributed by atoms with van der Waals surface area (Å²) in [7, 11) is 0. The van der Waals surface area contributed by atoms with E-state index < -0.39 is 11.6 Å². The Morgan fingerprint density at radius 2 is 1.64 bits per heavy atom. The Balaban J connectivity index is 1.15. The summed E-state index contributed by atoms with van der Waals surface area (Å²) < 4.78 is 13.1. The van der Waals surface area contributed by atoms with Crippen LogP contribution in [0.25, 0.3) is 0 Å². The highest BCUT2D eigenvalue weighted by atomic mass is 32.1. The molecule has 0 radical (unpaired) electrons. The number of aromatic amines is 1. The Hall–Kier alpha value is -4.05. The van der Waals surface area contributed by atoms with Crippen LogP contribution in [0.4, 0.5) is 15.3 Å². The van der Waals surface area contributed by atoms with Crippen molar-refractivity contribution >= 4 is 34.1 Å². The lowest BCUT2D eigenvalue weighted by Gasteiger charge is -2.03. The van der Waals surface area contributed by atoms with Crippen LogP contribution >= 0.6 is 11.3 Å². The fraction of sp³-hybridized carbons (Fsp3) is 0.231. The SMILES string of the molecule is O=C(Cc1ccccc1)Nc1ccc(CCCCc2nnc(NC(=O)Cc3ccc(F)c(O)c3)s2)[nH]1. The van der Waals surface area contributed by atoms with Crippen molar-refractivity contribution in [1.82, 2.24) is 15.2 Å². The number of aryl methyl sites for hydroxylation is 2. The van der Waals surface area contributed by atoms with Crippen molar-refractivity contribution in [2.24, 2.45) is 0 Å². The van der Waals surface area contributed by atoms with Gasteiger partial charge >= 0.3 is 0 Å². The monoisotopic (exact) mass is 507 g/mol. The van der Waals surface area contributed by atoms with Gasteiger partial charge in [0.25, 0.3) is 0 Å². The van der Waals surface area contributed by atoms with Gasteiger partial charge in [-0.2, -0.15) is 0 Å². The highest BCUT2D eigenvalue weighted by molar-refractivity contribution is 7.15. The van der Waals surface area contributed by atoms with Crippen molar-refractivity contribution in [2.45, 2.75) is 38.5 Å². The number of halogens is 1. The first-order valence-corrected chi connectivity index (χ1v) is 12.4. The van der Waals surface area contributed by atoms with E-state index in [0.717, 1.165) is 48.0 Å². The van der Waals surface area contributed by atoms with Crippen LogP contribution in [0.2, 0.25) is 0 Å². The zero-order valence-corrected chi connectivity index (χ0v) is 20.3. The molecule has 0 saturated carbocycles. The minimum atomic E-state index is -0.727. The van der Waals surface area contributed by atoms with Crippen molar-refractivity contribution in [3.05, 3.63) is 88.3 Å². The Labute approximate surface area is 211 Å². The number of nitrogens with one attached hydrogen (secondary N) is 3. The molecule has 36 heavy (non-hydrogen) atoms. The number of phenolic OH excluding ortho intramolecular Hbond substituents is 1. The number of aromatic hydroxyl groups is 1. The van der Waals surface area contributed by atoms with Gasteiger partial charge in [-0.15, -0.1) is 10.2 Å². The summed E-state index contributed by atoms with van der Waals surface area (Å²) in [6.45, 7) is 0. The number of amides is 2. The second-order valence-electron chi connectivity index (χ2n) is 8.33. The van der Waals surface area contributed by atoms with Gasteiger partial charge in [0, 0.05) is 12.1 Å². The summed E-state index contributed by atoms with van der Waals surface area (Å²) in [6, 6.07) is 17.2. The summed E-state index contributed by atoms with van der Waals surface area (Å²) in [5.41, 5.74) is 2.51. The molecular formula is C26H26FN5O3S. The molecule has 0 saturated heterocycles. The lowest BCUT2D eigenvalue weighted by Crippen LogP contribution is -2.14. The summed E-state index contributed by atoms with van der Waals surface area (Å²) in [5.74, 6) is -0.907. The molecule has 2 aromatic carbocycles. The number of hydrogen-bond acceptors (Lipinski definition) is 6. The third-order valence-corrected chi connectivity index (χ3v) is 6.30. The minimum absolute atomic E-state index is 0.00635. The standard InChI is InChI=1S/C26H26FN5O3S/c27-20-12-10-18(14-21(20)33)16-24(35)30-26-32-31-25(36-26)9-5-4-8-19-11-13-22(28-19)29-23(34)15-17-6-2-1-3-7-17/h1-3,6-7,10-14,28,33H,4-5,8-9,15-16H2,(H,29,34)(H,30,32,35). The van der Waals surface area contributed by atoms with Gasteiger partial charge in [0.15, 0.2) is 11.6 Å². The van der Waals surface area contributed by atoms with Gasteiger partial charge < -0.3 is 20.7 Å². The largest absolute Gasteiger partial charge is 0.505 e. The van der Waals surface area contributed by atoms with E-state index in [-0.39, 0.29) is 18.2 Å². The first-order chi connectivity index (χ1) is 17.4. The molecule has 2 aromatic heterocycles. The fourth-order valence-electron chi connectivity index (χ4n) is 3.65. The van der Waals surface area contributed by atoms with Crippen LogP contribution in [-0.2, 0) is 35.3 Å². The van der Waals surface area contributed by atoms with Gasteiger partial charge in [-0.05, 0) is 54.7 Å². The van der Waals surface area contributed by atoms with Crippen molar-refractivity contribution in [1.29, 1.82) is 0 Å². The van der Waals surface area contributed by atoms with E-state index in [1.807, 2.05) is 42.5 Å². The first-order valence-electron chi connectivity index (χ1n) is 11.6. The maximum atomic E-state index is 13.1. The van der Waals surface area contributed by atoms with E-state index in [9.17, 15) is 19.1 Å². The molecule has 4 aromatic rings. The van der Waals surface area contributed by atoms with E-state index in [1.165, 1.54) is 23.5 Å². The lowest BCUT2D eigenvalue weighted by molar-refractivity contribution is -0.116. The molecule has 0 fully saturated rings. The normalized spacial score (nSPS) is 10.8. The van der Waals surface area contributed by atoms with Crippen LogP contribution in [0.5, 0.6) is 5.75 Å². The zero-order valence-electron chi connectivity index (χ0n) is 19.5. The van der Waals surface area contributed by atoms with E-state index in [2.05, 4.69) is 25.8 Å². The molecule has 186 valence electrons. The summed E-state index contributed by atoms with van der Waals surface area (Å²) >= 11 is 1.32. The van der Waals surface area contributed by atoms with Crippen LogP contribution in [0.3, 0.4) is 0 Å². The number of aromatic nitrogens is 3. The van der Waals surface area contributed by atoms with Gasteiger partial charge in [0.1, 0.15) is 10.8 Å². The molecule has 2 amide bonds. The molecule has 4 N–H and O–H groups in total. The van der Waals surface area contributed by atoms with Crippen molar-refractivity contribution < 1.29 is 19.1 Å². The quantitative estimate of drug-likeness (QED) is 0.221.